The minimum absolute atomic E-state index is 0.276. The van der Waals surface area contributed by atoms with E-state index < -0.39 is 17.2 Å². The lowest BCUT2D eigenvalue weighted by molar-refractivity contribution is 0.0696. The van der Waals surface area contributed by atoms with Crippen LogP contribution >= 0.6 is 11.3 Å². The molecule has 2 aromatic carbocycles. The smallest absolute Gasteiger partial charge is 0.335 e. The Morgan fingerprint density at radius 1 is 1.07 bits per heavy atom. The van der Waals surface area contributed by atoms with E-state index in [-0.39, 0.29) is 5.56 Å². The van der Waals surface area contributed by atoms with Gasteiger partial charge in [-0.15, -0.1) is 11.3 Å². The summed E-state index contributed by atoms with van der Waals surface area (Å²) in [5.41, 5.74) is 2.81. The molecular formula is C20H18NO4S2-. The molecule has 140 valence electrons. The monoisotopic (exact) mass is 400 g/mol. The average molecular weight is 401 g/mol. The second kappa shape index (κ2) is 8.94. The Morgan fingerprint density at radius 2 is 1.89 bits per heavy atom. The van der Waals surface area contributed by atoms with Crippen LogP contribution in [0.25, 0.3) is 0 Å². The van der Waals surface area contributed by atoms with E-state index in [1.807, 2.05) is 35.7 Å². The highest BCUT2D eigenvalue weighted by molar-refractivity contribution is 7.81. The van der Waals surface area contributed by atoms with E-state index >= 15 is 0 Å². The van der Waals surface area contributed by atoms with Crippen molar-refractivity contribution in [1.29, 1.82) is 0 Å². The van der Waals surface area contributed by atoms with Crippen LogP contribution in [-0.4, -0.2) is 19.8 Å². The molecule has 0 aliphatic heterocycles. The lowest BCUT2D eigenvalue weighted by atomic mass is 10.0. The summed E-state index contributed by atoms with van der Waals surface area (Å²) in [6, 6.07) is 17.9. The Bertz CT molecular complexity index is 941. The van der Waals surface area contributed by atoms with Gasteiger partial charge in [0.15, 0.2) is 0 Å². The summed E-state index contributed by atoms with van der Waals surface area (Å²) in [6.45, 7) is 0. The molecule has 1 heterocycles. The number of rotatable bonds is 8. The highest BCUT2D eigenvalue weighted by Crippen LogP contribution is 2.33. The summed E-state index contributed by atoms with van der Waals surface area (Å²) >= 11 is -1.05. The molecule has 3 rings (SSSR count). The summed E-state index contributed by atoms with van der Waals surface area (Å²) in [6.07, 6.45) is 2.19. The normalized spacial score (nSPS) is 11.9. The molecule has 3 aromatic rings. The molecule has 0 amide bonds. The summed E-state index contributed by atoms with van der Waals surface area (Å²) in [4.78, 5) is 11.1. The van der Waals surface area contributed by atoms with Gasteiger partial charge in [0.2, 0.25) is 0 Å². The van der Waals surface area contributed by atoms with Gasteiger partial charge in [-0.1, -0.05) is 30.3 Å². The number of anilines is 2. The van der Waals surface area contributed by atoms with Crippen molar-refractivity contribution in [3.63, 3.8) is 0 Å². The molecule has 5 nitrogen and oxygen atoms in total. The number of carbonyl (C=O) groups is 1. The summed E-state index contributed by atoms with van der Waals surface area (Å²) < 4.78 is 25.0. The van der Waals surface area contributed by atoms with Crippen LogP contribution in [0.4, 0.5) is 10.7 Å². The van der Waals surface area contributed by atoms with Crippen LogP contribution < -0.4 is 4.31 Å². The van der Waals surface area contributed by atoms with Crippen molar-refractivity contribution in [3.8, 4) is 0 Å². The van der Waals surface area contributed by atoms with Gasteiger partial charge in [0.05, 0.1) is 22.5 Å². The Balaban J connectivity index is 1.76. The second-order valence-electron chi connectivity index (χ2n) is 5.95. The standard InChI is InChI=1S/C20H19NO4S2/c22-20(23)17-10-4-7-15(14-17)6-3-9-16-8-1-2-11-18(16)21(27(24)25)19-12-5-13-26-19/h1-2,4-5,7-8,10-14H,3,6,9H2,(H,22,23)(H,24,25)/p-1. The van der Waals surface area contributed by atoms with E-state index in [9.17, 15) is 13.6 Å². The highest BCUT2D eigenvalue weighted by Gasteiger charge is 2.15. The van der Waals surface area contributed by atoms with Crippen LogP contribution in [0.2, 0.25) is 0 Å². The third-order valence-electron chi connectivity index (χ3n) is 4.15. The molecule has 1 aromatic heterocycles. The lowest BCUT2D eigenvalue weighted by Gasteiger charge is -2.27. The van der Waals surface area contributed by atoms with E-state index in [0.29, 0.717) is 17.1 Å². The van der Waals surface area contributed by atoms with Crippen molar-refractivity contribution >= 4 is 39.3 Å². The van der Waals surface area contributed by atoms with Gasteiger partial charge >= 0.3 is 5.97 Å². The first-order valence-corrected chi connectivity index (χ1v) is 10.3. The second-order valence-corrected chi connectivity index (χ2v) is 7.68. The average Bonchev–Trinajstić information content (AvgIpc) is 3.17. The molecule has 27 heavy (non-hydrogen) atoms. The van der Waals surface area contributed by atoms with Gasteiger partial charge in [-0.3, -0.25) is 8.51 Å². The highest BCUT2D eigenvalue weighted by atomic mass is 32.2. The number of aryl methyl sites for hydroxylation is 2. The first-order chi connectivity index (χ1) is 13.1. The van der Waals surface area contributed by atoms with Crippen molar-refractivity contribution in [2.24, 2.45) is 0 Å². The van der Waals surface area contributed by atoms with Crippen LogP contribution in [0.3, 0.4) is 0 Å². The van der Waals surface area contributed by atoms with Crippen molar-refractivity contribution < 1.29 is 18.7 Å². The molecule has 0 radical (unpaired) electrons. The number of nitrogens with zero attached hydrogens (tertiary/aromatic N) is 1. The molecule has 0 bridgehead atoms. The minimum atomic E-state index is -2.42. The van der Waals surface area contributed by atoms with Crippen LogP contribution in [0.5, 0.6) is 0 Å². The van der Waals surface area contributed by atoms with Crippen LogP contribution in [0, 0.1) is 0 Å². The third-order valence-corrected chi connectivity index (χ3v) is 5.81. The molecule has 0 saturated carbocycles. The Labute approximate surface area is 164 Å². The fourth-order valence-electron chi connectivity index (χ4n) is 2.92. The zero-order valence-corrected chi connectivity index (χ0v) is 16.0. The largest absolute Gasteiger partial charge is 0.755 e. The molecule has 7 heteroatoms. The minimum Gasteiger partial charge on any atom is -0.755 e. The fourth-order valence-corrected chi connectivity index (χ4v) is 4.43. The number of carboxylic acid groups (broad SMARTS) is 1. The zero-order valence-electron chi connectivity index (χ0n) is 14.4. The van der Waals surface area contributed by atoms with Gasteiger partial charge in [0.1, 0.15) is 5.00 Å². The maximum atomic E-state index is 11.8. The molecule has 1 unspecified atom stereocenters. The summed E-state index contributed by atoms with van der Waals surface area (Å²) in [5, 5.41) is 11.6. The van der Waals surface area contributed by atoms with Crippen LogP contribution in [0.1, 0.15) is 27.9 Å². The van der Waals surface area contributed by atoms with Gasteiger partial charge in [0.25, 0.3) is 0 Å². The van der Waals surface area contributed by atoms with E-state index in [4.69, 9.17) is 5.11 Å². The molecule has 0 saturated heterocycles. The van der Waals surface area contributed by atoms with E-state index in [1.54, 1.807) is 30.3 Å². The number of aromatic carboxylic acids is 1. The SMILES string of the molecule is O=C(O)c1cccc(CCCc2ccccc2N(c2cccs2)S(=O)[O-])c1. The van der Waals surface area contributed by atoms with Gasteiger partial charge < -0.3 is 9.66 Å². The van der Waals surface area contributed by atoms with Crippen LogP contribution in [-0.2, 0) is 24.1 Å². The Kier molecular flexibility index (Phi) is 6.39. The van der Waals surface area contributed by atoms with E-state index in [2.05, 4.69) is 0 Å². The Hall–Kier alpha value is -2.48. The fraction of sp³-hybridized carbons (Fsp3) is 0.150. The molecular weight excluding hydrogens is 382 g/mol. The number of hydrogen-bond acceptors (Lipinski definition) is 4. The molecule has 1 atom stereocenters. The van der Waals surface area contributed by atoms with Gasteiger partial charge in [0, 0.05) is 0 Å². The van der Waals surface area contributed by atoms with Crippen molar-refractivity contribution in [2.45, 2.75) is 19.3 Å². The first kappa shape index (κ1) is 19.3. The summed E-state index contributed by atoms with van der Waals surface area (Å²) in [7, 11) is 0. The Morgan fingerprint density at radius 3 is 2.59 bits per heavy atom. The maximum Gasteiger partial charge on any atom is 0.335 e. The third kappa shape index (κ3) is 4.82. The van der Waals surface area contributed by atoms with Crippen molar-refractivity contribution in [1.82, 2.24) is 0 Å². The van der Waals surface area contributed by atoms with Crippen molar-refractivity contribution in [2.75, 3.05) is 4.31 Å². The topological polar surface area (TPSA) is 80.7 Å². The first-order valence-electron chi connectivity index (χ1n) is 8.39. The van der Waals surface area contributed by atoms with Crippen molar-refractivity contribution in [3.05, 3.63) is 82.7 Å². The lowest BCUT2D eigenvalue weighted by Crippen LogP contribution is -2.19. The molecule has 0 spiro atoms. The van der Waals surface area contributed by atoms with Crippen LogP contribution in [0.15, 0.2) is 66.0 Å². The number of hydrogen-bond donors (Lipinski definition) is 1. The maximum absolute atomic E-state index is 11.8. The van der Waals surface area contributed by atoms with E-state index in [1.165, 1.54) is 15.6 Å². The van der Waals surface area contributed by atoms with Gasteiger partial charge in [-0.25, -0.2) is 4.79 Å². The number of para-hydroxylation sites is 1. The zero-order chi connectivity index (χ0) is 19.2. The molecule has 0 aliphatic carbocycles. The predicted octanol–water partition coefficient (Wildman–Crippen LogP) is 4.55. The number of benzene rings is 2. The molecule has 0 aliphatic rings. The predicted molar refractivity (Wildman–Crippen MR) is 107 cm³/mol. The molecule has 1 N–H and O–H groups in total. The van der Waals surface area contributed by atoms with Gasteiger partial charge in [-0.2, -0.15) is 0 Å². The number of carboxylic acids is 1. The van der Waals surface area contributed by atoms with Gasteiger partial charge in [-0.05, 0) is 66.1 Å². The van der Waals surface area contributed by atoms with E-state index in [0.717, 1.165) is 24.0 Å². The summed E-state index contributed by atoms with van der Waals surface area (Å²) in [5.74, 6) is -0.938. The number of thiophene rings is 1. The molecule has 0 fully saturated rings. The quantitative estimate of drug-likeness (QED) is 0.562.